The summed E-state index contributed by atoms with van der Waals surface area (Å²) in [5.41, 5.74) is 2.08. The average molecular weight is 360 g/mol. The second kappa shape index (κ2) is 10.2. The molecule has 0 aromatic heterocycles. The maximum absolute atomic E-state index is 12.5. The largest absolute Gasteiger partial charge is 0.372 e. The summed E-state index contributed by atoms with van der Waals surface area (Å²) in [7, 11) is 0. The summed E-state index contributed by atoms with van der Waals surface area (Å²) in [6, 6.07) is 8.16. The predicted octanol–water partition coefficient (Wildman–Crippen LogP) is 3.68. The Labute approximate surface area is 158 Å². The average Bonchev–Trinajstić information content (AvgIpc) is 3.16. The maximum Gasteiger partial charge on any atom is 0.224 e. The van der Waals surface area contributed by atoms with Crippen LogP contribution in [0.2, 0.25) is 0 Å². The van der Waals surface area contributed by atoms with Crippen LogP contribution in [0.4, 0.5) is 11.4 Å². The van der Waals surface area contributed by atoms with E-state index in [1.165, 1.54) is 18.5 Å². The number of hydrogen-bond acceptors (Lipinski definition) is 3. The van der Waals surface area contributed by atoms with Gasteiger partial charge in [-0.15, -0.1) is 0 Å². The first-order valence-corrected chi connectivity index (χ1v) is 9.97. The lowest BCUT2D eigenvalue weighted by molar-refractivity contribution is -0.131. The number of hydrogen-bond donors (Lipinski definition) is 0. The molecule has 1 fully saturated rings. The highest BCUT2D eigenvalue weighted by atomic mass is 16.2. The third kappa shape index (κ3) is 5.48. The number of amides is 2. The molecule has 0 N–H and O–H groups in total. The molecule has 1 heterocycles. The lowest BCUT2D eigenvalue weighted by Gasteiger charge is -2.25. The SMILES string of the molecule is CCCN(CCC)C(=O)CCN(C(C)=O)c1ccc(N2CCCC2)cc1. The fraction of sp³-hybridized carbons (Fsp3) is 0.619. The molecule has 144 valence electrons. The van der Waals surface area contributed by atoms with Gasteiger partial charge in [-0.25, -0.2) is 0 Å². The summed E-state index contributed by atoms with van der Waals surface area (Å²) in [6.07, 6.45) is 4.78. The van der Waals surface area contributed by atoms with Crippen molar-refractivity contribution < 1.29 is 9.59 Å². The fourth-order valence-corrected chi connectivity index (χ4v) is 3.55. The zero-order valence-corrected chi connectivity index (χ0v) is 16.5. The summed E-state index contributed by atoms with van der Waals surface area (Å²) < 4.78 is 0. The van der Waals surface area contributed by atoms with Crippen molar-refractivity contribution >= 4 is 23.2 Å². The number of benzene rings is 1. The molecule has 1 saturated heterocycles. The van der Waals surface area contributed by atoms with Crippen molar-refractivity contribution in [2.24, 2.45) is 0 Å². The van der Waals surface area contributed by atoms with Crippen LogP contribution >= 0.6 is 0 Å². The van der Waals surface area contributed by atoms with E-state index in [0.717, 1.165) is 44.7 Å². The Hall–Kier alpha value is -2.04. The van der Waals surface area contributed by atoms with Gasteiger partial charge in [-0.2, -0.15) is 0 Å². The van der Waals surface area contributed by atoms with Crippen molar-refractivity contribution in [3.05, 3.63) is 24.3 Å². The van der Waals surface area contributed by atoms with E-state index in [9.17, 15) is 9.59 Å². The third-order valence-electron chi connectivity index (χ3n) is 4.90. The van der Waals surface area contributed by atoms with Crippen LogP contribution in [0.25, 0.3) is 0 Å². The molecule has 2 amide bonds. The number of rotatable bonds is 9. The van der Waals surface area contributed by atoms with E-state index in [1.807, 2.05) is 17.0 Å². The summed E-state index contributed by atoms with van der Waals surface area (Å²) >= 11 is 0. The zero-order valence-electron chi connectivity index (χ0n) is 16.5. The molecule has 1 aliphatic rings. The Balaban J connectivity index is 1.99. The molecule has 0 spiro atoms. The van der Waals surface area contributed by atoms with E-state index >= 15 is 0 Å². The molecule has 1 aromatic carbocycles. The summed E-state index contributed by atoms with van der Waals surface area (Å²) in [4.78, 5) is 30.6. The van der Waals surface area contributed by atoms with Gasteiger partial charge in [0.25, 0.3) is 0 Å². The van der Waals surface area contributed by atoms with Crippen molar-refractivity contribution in [1.82, 2.24) is 4.90 Å². The third-order valence-corrected chi connectivity index (χ3v) is 4.90. The van der Waals surface area contributed by atoms with Crippen LogP contribution in [0.1, 0.15) is 52.9 Å². The van der Waals surface area contributed by atoms with Gasteiger partial charge in [0.05, 0.1) is 0 Å². The first-order chi connectivity index (χ1) is 12.6. The van der Waals surface area contributed by atoms with E-state index in [4.69, 9.17) is 0 Å². The minimum Gasteiger partial charge on any atom is -0.372 e. The lowest BCUT2D eigenvalue weighted by atomic mass is 10.2. The van der Waals surface area contributed by atoms with Gasteiger partial charge in [0.1, 0.15) is 0 Å². The molecule has 0 atom stereocenters. The Morgan fingerprint density at radius 2 is 1.54 bits per heavy atom. The Bertz CT molecular complexity index is 573. The molecule has 26 heavy (non-hydrogen) atoms. The maximum atomic E-state index is 12.5. The predicted molar refractivity (Wildman–Crippen MR) is 108 cm³/mol. The standard InChI is InChI=1S/C21H33N3O2/c1-4-13-23(14-5-2)21(26)12-17-24(18(3)25)20-10-8-19(9-11-20)22-15-6-7-16-22/h8-11H,4-7,12-17H2,1-3H3. The molecule has 0 bridgehead atoms. The highest BCUT2D eigenvalue weighted by Gasteiger charge is 2.18. The smallest absolute Gasteiger partial charge is 0.224 e. The molecule has 0 aliphatic carbocycles. The minimum absolute atomic E-state index is 0.0238. The zero-order chi connectivity index (χ0) is 18.9. The van der Waals surface area contributed by atoms with E-state index in [-0.39, 0.29) is 11.8 Å². The first kappa shape index (κ1) is 20.3. The number of nitrogens with zero attached hydrogens (tertiary/aromatic N) is 3. The van der Waals surface area contributed by atoms with Crippen LogP contribution in [0.3, 0.4) is 0 Å². The van der Waals surface area contributed by atoms with E-state index in [1.54, 1.807) is 11.8 Å². The topological polar surface area (TPSA) is 43.9 Å². The number of anilines is 2. The summed E-state index contributed by atoms with van der Waals surface area (Å²) in [6.45, 7) is 9.95. The molecule has 1 aromatic rings. The normalized spacial score (nSPS) is 13.7. The molecule has 0 radical (unpaired) electrons. The quantitative estimate of drug-likeness (QED) is 0.675. The molecule has 5 nitrogen and oxygen atoms in total. The van der Waals surface area contributed by atoms with Gasteiger partial charge in [-0.3, -0.25) is 9.59 Å². The van der Waals surface area contributed by atoms with Crippen LogP contribution in [0.5, 0.6) is 0 Å². The van der Waals surface area contributed by atoms with Crippen molar-refractivity contribution in [3.63, 3.8) is 0 Å². The number of carbonyl (C=O) groups is 2. The van der Waals surface area contributed by atoms with Gasteiger partial charge in [0.15, 0.2) is 0 Å². The second-order valence-corrected chi connectivity index (χ2v) is 7.01. The van der Waals surface area contributed by atoms with Crippen LogP contribution in [0, 0.1) is 0 Å². The van der Waals surface area contributed by atoms with Gasteiger partial charge in [-0.1, -0.05) is 13.8 Å². The van der Waals surface area contributed by atoms with Crippen LogP contribution in [-0.4, -0.2) is 49.4 Å². The van der Waals surface area contributed by atoms with Gasteiger partial charge in [-0.05, 0) is 49.9 Å². The van der Waals surface area contributed by atoms with Crippen LogP contribution in [0.15, 0.2) is 24.3 Å². The van der Waals surface area contributed by atoms with Gasteiger partial charge in [0, 0.05) is 57.4 Å². The van der Waals surface area contributed by atoms with Gasteiger partial charge >= 0.3 is 0 Å². The molecule has 0 unspecified atom stereocenters. The number of carbonyl (C=O) groups excluding carboxylic acids is 2. The van der Waals surface area contributed by atoms with E-state index < -0.39 is 0 Å². The van der Waals surface area contributed by atoms with Crippen molar-refractivity contribution in [2.75, 3.05) is 42.5 Å². The molecule has 1 aliphatic heterocycles. The fourth-order valence-electron chi connectivity index (χ4n) is 3.55. The van der Waals surface area contributed by atoms with Crippen LogP contribution < -0.4 is 9.80 Å². The molecule has 0 saturated carbocycles. The van der Waals surface area contributed by atoms with Crippen molar-refractivity contribution in [2.45, 2.75) is 52.9 Å². The Morgan fingerprint density at radius 3 is 2.04 bits per heavy atom. The lowest BCUT2D eigenvalue weighted by Crippen LogP contribution is -2.37. The monoisotopic (exact) mass is 359 g/mol. The highest BCUT2D eigenvalue weighted by Crippen LogP contribution is 2.24. The Kier molecular flexibility index (Phi) is 7.95. The van der Waals surface area contributed by atoms with Crippen molar-refractivity contribution in [1.29, 1.82) is 0 Å². The van der Waals surface area contributed by atoms with E-state index in [0.29, 0.717) is 13.0 Å². The summed E-state index contributed by atoms with van der Waals surface area (Å²) in [5, 5.41) is 0. The highest BCUT2D eigenvalue weighted by molar-refractivity contribution is 5.92. The molecule has 5 heteroatoms. The molecular weight excluding hydrogens is 326 g/mol. The first-order valence-electron chi connectivity index (χ1n) is 9.97. The summed E-state index contributed by atoms with van der Waals surface area (Å²) in [5.74, 6) is 0.109. The van der Waals surface area contributed by atoms with E-state index in [2.05, 4.69) is 30.9 Å². The van der Waals surface area contributed by atoms with Crippen LogP contribution in [-0.2, 0) is 9.59 Å². The van der Waals surface area contributed by atoms with Gasteiger partial charge < -0.3 is 14.7 Å². The minimum atomic E-state index is -0.0238. The molecule has 2 rings (SSSR count). The molecular formula is C21H33N3O2. The second-order valence-electron chi connectivity index (χ2n) is 7.01. The van der Waals surface area contributed by atoms with Gasteiger partial charge in [0.2, 0.25) is 11.8 Å². The Morgan fingerprint density at radius 1 is 0.962 bits per heavy atom. The van der Waals surface area contributed by atoms with Crippen molar-refractivity contribution in [3.8, 4) is 0 Å².